The summed E-state index contributed by atoms with van der Waals surface area (Å²) in [6.07, 6.45) is 16.2. The second-order valence-electron chi connectivity index (χ2n) is 5.50. The Morgan fingerprint density at radius 1 is 0.625 bits per heavy atom. The van der Waals surface area contributed by atoms with Crippen LogP contribution in [0.25, 0.3) is 0 Å². The van der Waals surface area contributed by atoms with Crippen LogP contribution in [0.2, 0.25) is 0 Å². The highest BCUT2D eigenvalue weighted by Crippen LogP contribution is 2.56. The topological polar surface area (TPSA) is 0 Å². The predicted molar refractivity (Wildman–Crippen MR) is 81.4 cm³/mol. The van der Waals surface area contributed by atoms with Gasteiger partial charge in [0.2, 0.25) is 0 Å². The van der Waals surface area contributed by atoms with Crippen molar-refractivity contribution in [2.24, 2.45) is 0 Å². The lowest BCUT2D eigenvalue weighted by Crippen LogP contribution is -2.05. The van der Waals surface area contributed by atoms with Crippen molar-refractivity contribution in [1.29, 1.82) is 0 Å². The summed E-state index contributed by atoms with van der Waals surface area (Å²) in [7, 11) is -0.531. The molecule has 0 fully saturated rings. The molecule has 0 aliphatic rings. The van der Waals surface area contributed by atoms with E-state index in [1.54, 1.807) is 12.3 Å². The van der Waals surface area contributed by atoms with Crippen molar-refractivity contribution in [3.05, 3.63) is 0 Å². The highest BCUT2D eigenvalue weighted by Gasteiger charge is 2.27. The van der Waals surface area contributed by atoms with E-state index in [1.165, 1.54) is 57.5 Å². The van der Waals surface area contributed by atoms with Gasteiger partial charge in [-0.25, -0.2) is 0 Å². The third kappa shape index (κ3) is 8.57. The summed E-state index contributed by atoms with van der Waals surface area (Å²) < 4.78 is 0. The van der Waals surface area contributed by atoms with E-state index < -0.39 is 7.26 Å². The summed E-state index contributed by atoms with van der Waals surface area (Å²) in [6.45, 7) is 9.65. The quantitative estimate of drug-likeness (QED) is 0.318. The Bertz CT molecular complexity index is 130. The third-order valence-corrected chi connectivity index (χ3v) is 8.19. The molecule has 0 saturated carbocycles. The minimum absolute atomic E-state index is 0.531. The molecule has 16 heavy (non-hydrogen) atoms. The second-order valence-corrected chi connectivity index (χ2v) is 10.3. The fraction of sp³-hybridized carbons (Fsp3) is 1.00. The molecule has 0 aromatic rings. The fourth-order valence-electron chi connectivity index (χ4n) is 2.27. The molecule has 0 unspecified atom stereocenters. The van der Waals surface area contributed by atoms with E-state index in [9.17, 15) is 0 Å². The zero-order valence-electron chi connectivity index (χ0n) is 12.2. The molecule has 0 aliphatic carbocycles. The molecule has 0 atom stereocenters. The van der Waals surface area contributed by atoms with Crippen molar-refractivity contribution in [2.75, 3.05) is 25.2 Å². The Balaban J connectivity index is 3.64. The summed E-state index contributed by atoms with van der Waals surface area (Å²) in [5, 5.41) is 0. The van der Waals surface area contributed by atoms with Crippen LogP contribution >= 0.6 is 7.26 Å². The van der Waals surface area contributed by atoms with Gasteiger partial charge in [0.05, 0.1) is 18.5 Å². The highest BCUT2D eigenvalue weighted by molar-refractivity contribution is 7.75. The normalized spacial score (nSPS) is 12.0. The molecule has 0 N–H and O–H groups in total. The van der Waals surface area contributed by atoms with Crippen molar-refractivity contribution in [3.8, 4) is 0 Å². The molecule has 0 nitrogen and oxygen atoms in total. The predicted octanol–water partition coefficient (Wildman–Crippen LogP) is 5.81. The Hall–Kier alpha value is 0.430. The van der Waals surface area contributed by atoms with Gasteiger partial charge in [-0.3, -0.25) is 0 Å². The Morgan fingerprint density at radius 3 is 1.38 bits per heavy atom. The monoisotopic (exact) mass is 245 g/mol. The zero-order chi connectivity index (χ0) is 12.3. The van der Waals surface area contributed by atoms with Crippen molar-refractivity contribution >= 4 is 7.26 Å². The molecule has 0 bridgehead atoms. The molecule has 0 radical (unpaired) electrons. The van der Waals surface area contributed by atoms with E-state index in [2.05, 4.69) is 27.4 Å². The van der Waals surface area contributed by atoms with Gasteiger partial charge >= 0.3 is 0 Å². The molecule has 98 valence electrons. The van der Waals surface area contributed by atoms with E-state index in [4.69, 9.17) is 0 Å². The summed E-state index contributed by atoms with van der Waals surface area (Å²) >= 11 is 0. The van der Waals surface area contributed by atoms with Crippen molar-refractivity contribution < 1.29 is 0 Å². The highest BCUT2D eigenvalue weighted by atomic mass is 31.2. The third-order valence-electron chi connectivity index (χ3n) is 3.87. The maximum absolute atomic E-state index is 2.62. The average molecular weight is 245 g/mol. The zero-order valence-corrected chi connectivity index (χ0v) is 13.1. The first-order chi connectivity index (χ1) is 7.68. The molecular weight excluding hydrogens is 211 g/mol. The molecular formula is C15H34P+. The molecule has 1 heteroatoms. The van der Waals surface area contributed by atoms with Crippen LogP contribution < -0.4 is 0 Å². The van der Waals surface area contributed by atoms with E-state index in [0.717, 1.165) is 0 Å². The molecule has 0 rings (SSSR count). The van der Waals surface area contributed by atoms with Crippen molar-refractivity contribution in [1.82, 2.24) is 0 Å². The summed E-state index contributed by atoms with van der Waals surface area (Å²) in [6, 6.07) is 0. The van der Waals surface area contributed by atoms with Crippen molar-refractivity contribution in [2.45, 2.75) is 72.1 Å². The molecule has 0 saturated heterocycles. The fourth-order valence-corrected chi connectivity index (χ4v) is 5.10. The van der Waals surface area contributed by atoms with Crippen LogP contribution in [-0.4, -0.2) is 25.2 Å². The van der Waals surface area contributed by atoms with Gasteiger partial charge in [-0.15, -0.1) is 0 Å². The van der Waals surface area contributed by atoms with E-state index in [1.807, 2.05) is 0 Å². The molecule has 0 aromatic carbocycles. The van der Waals surface area contributed by atoms with Crippen LogP contribution in [0.1, 0.15) is 72.1 Å². The standard InChI is InChI=1S/C15H34P/c1-5-8-10-12-14-16(4,7-3)15-13-11-9-6-2/h5-15H2,1-4H3/q+1. The van der Waals surface area contributed by atoms with E-state index in [-0.39, 0.29) is 0 Å². The first kappa shape index (κ1) is 16.4. The van der Waals surface area contributed by atoms with Crippen LogP contribution in [-0.2, 0) is 0 Å². The first-order valence-electron chi connectivity index (χ1n) is 7.52. The molecule has 0 aromatic heterocycles. The lowest BCUT2D eigenvalue weighted by Gasteiger charge is -2.21. The number of hydrogen-bond acceptors (Lipinski definition) is 0. The SMILES string of the molecule is CCCCCC[P+](C)(CC)CCCCCC. The number of rotatable bonds is 11. The van der Waals surface area contributed by atoms with Gasteiger partial charge in [0, 0.05) is 13.9 Å². The Morgan fingerprint density at radius 2 is 1.06 bits per heavy atom. The first-order valence-corrected chi connectivity index (χ1v) is 10.3. The van der Waals surface area contributed by atoms with Gasteiger partial charge < -0.3 is 0 Å². The molecule has 0 heterocycles. The summed E-state index contributed by atoms with van der Waals surface area (Å²) in [5.74, 6) is 0. The minimum Gasteiger partial charge on any atom is -0.0654 e. The van der Waals surface area contributed by atoms with Crippen molar-refractivity contribution in [3.63, 3.8) is 0 Å². The maximum atomic E-state index is 2.62. The van der Waals surface area contributed by atoms with Crippen LogP contribution in [0.4, 0.5) is 0 Å². The molecule has 0 spiro atoms. The summed E-state index contributed by atoms with van der Waals surface area (Å²) in [4.78, 5) is 0. The van der Waals surface area contributed by atoms with Crippen LogP contribution in [0.15, 0.2) is 0 Å². The lowest BCUT2D eigenvalue weighted by molar-refractivity contribution is 0.693. The molecule has 0 aliphatic heterocycles. The smallest absolute Gasteiger partial charge is 0.0591 e. The van der Waals surface area contributed by atoms with Crippen LogP contribution in [0.5, 0.6) is 0 Å². The van der Waals surface area contributed by atoms with E-state index >= 15 is 0 Å². The number of unbranched alkanes of at least 4 members (excludes halogenated alkanes) is 6. The van der Waals surface area contributed by atoms with Gasteiger partial charge in [0.25, 0.3) is 0 Å². The molecule has 0 amide bonds. The van der Waals surface area contributed by atoms with Gasteiger partial charge in [0.15, 0.2) is 0 Å². The van der Waals surface area contributed by atoms with Gasteiger partial charge in [-0.05, 0) is 32.6 Å². The largest absolute Gasteiger partial charge is 0.0654 e. The summed E-state index contributed by atoms with van der Waals surface area (Å²) in [5.41, 5.74) is 0. The maximum Gasteiger partial charge on any atom is 0.0591 e. The average Bonchev–Trinajstić information content (AvgIpc) is 2.31. The van der Waals surface area contributed by atoms with Gasteiger partial charge in [-0.1, -0.05) is 39.5 Å². The Labute approximate surface area is 105 Å². The van der Waals surface area contributed by atoms with Crippen LogP contribution in [0.3, 0.4) is 0 Å². The van der Waals surface area contributed by atoms with Crippen LogP contribution in [0, 0.1) is 0 Å². The Kier molecular flexibility index (Phi) is 10.9. The number of hydrogen-bond donors (Lipinski definition) is 0. The lowest BCUT2D eigenvalue weighted by atomic mass is 10.2. The van der Waals surface area contributed by atoms with Gasteiger partial charge in [-0.2, -0.15) is 0 Å². The minimum atomic E-state index is -0.531. The van der Waals surface area contributed by atoms with E-state index in [0.29, 0.717) is 0 Å². The second kappa shape index (κ2) is 10.6. The van der Waals surface area contributed by atoms with Gasteiger partial charge in [0.1, 0.15) is 0 Å².